The molecule has 0 aliphatic heterocycles. The lowest BCUT2D eigenvalue weighted by molar-refractivity contribution is -0.143. The largest absolute Gasteiger partial charge is 0.416 e. The zero-order chi connectivity index (χ0) is 18.3. The molecule has 2 nitrogen and oxygen atoms in total. The van der Waals surface area contributed by atoms with Gasteiger partial charge in [0.1, 0.15) is 0 Å². The van der Waals surface area contributed by atoms with Crippen molar-refractivity contribution in [2.24, 2.45) is 0 Å². The molecule has 2 aromatic carbocycles. The predicted molar refractivity (Wildman–Crippen MR) is 73.1 cm³/mol. The smallest absolute Gasteiger partial charge is 0.219 e. The Balaban J connectivity index is 2.71. The molecule has 0 aromatic heterocycles. The van der Waals surface area contributed by atoms with Crippen LogP contribution in [0.2, 0.25) is 0 Å². The van der Waals surface area contributed by atoms with Gasteiger partial charge in [-0.3, -0.25) is 0 Å². The van der Waals surface area contributed by atoms with Gasteiger partial charge in [-0.25, -0.2) is 8.42 Å². The van der Waals surface area contributed by atoms with Crippen LogP contribution in [0.1, 0.15) is 16.7 Å². The number of aryl methyl sites for hydroxylation is 1. The van der Waals surface area contributed by atoms with Crippen LogP contribution in [-0.2, 0) is 22.2 Å². The van der Waals surface area contributed by atoms with Crippen molar-refractivity contribution in [1.29, 1.82) is 0 Å². The highest BCUT2D eigenvalue weighted by Crippen LogP contribution is 2.38. The number of alkyl halides is 6. The summed E-state index contributed by atoms with van der Waals surface area (Å²) >= 11 is 0. The highest BCUT2D eigenvalue weighted by molar-refractivity contribution is 7.91. The van der Waals surface area contributed by atoms with E-state index in [0.717, 1.165) is 12.1 Å². The number of benzene rings is 2. The average Bonchev–Trinajstić information content (AvgIpc) is 2.45. The van der Waals surface area contributed by atoms with Crippen LogP contribution < -0.4 is 0 Å². The summed E-state index contributed by atoms with van der Waals surface area (Å²) in [5, 5.41) is 0. The number of hydrogen-bond donors (Lipinski definition) is 0. The molecule has 9 heteroatoms. The van der Waals surface area contributed by atoms with E-state index < -0.39 is 38.2 Å². The average molecular weight is 368 g/mol. The predicted octanol–water partition coefficient (Wildman–Crippen LogP) is 4.87. The highest BCUT2D eigenvalue weighted by atomic mass is 32.2. The molecule has 0 atom stereocenters. The molecule has 0 amide bonds. The van der Waals surface area contributed by atoms with Crippen LogP contribution in [0, 0.1) is 6.92 Å². The van der Waals surface area contributed by atoms with Crippen LogP contribution in [0.4, 0.5) is 26.3 Å². The van der Waals surface area contributed by atoms with Crippen molar-refractivity contribution in [3.8, 4) is 0 Å². The lowest BCUT2D eigenvalue weighted by Gasteiger charge is -2.14. The van der Waals surface area contributed by atoms with Gasteiger partial charge in [0.15, 0.2) is 0 Å². The monoisotopic (exact) mass is 368 g/mol. The molecule has 2 rings (SSSR count). The molecule has 0 aliphatic carbocycles. The molecule has 0 N–H and O–H groups in total. The van der Waals surface area contributed by atoms with Crippen LogP contribution in [0.5, 0.6) is 0 Å². The second-order valence-corrected chi connectivity index (χ2v) is 7.01. The second kappa shape index (κ2) is 5.80. The third-order valence-corrected chi connectivity index (χ3v) is 4.95. The van der Waals surface area contributed by atoms with Gasteiger partial charge in [0.2, 0.25) is 9.84 Å². The molecule has 0 unspecified atom stereocenters. The minimum Gasteiger partial charge on any atom is -0.219 e. The van der Waals surface area contributed by atoms with Gasteiger partial charge in [0, 0.05) is 0 Å². The maximum Gasteiger partial charge on any atom is 0.416 e. The molecule has 0 bridgehead atoms. The number of hydrogen-bond acceptors (Lipinski definition) is 2. The summed E-state index contributed by atoms with van der Waals surface area (Å²) < 4.78 is 102. The fraction of sp³-hybridized carbons (Fsp3) is 0.200. The third-order valence-electron chi connectivity index (χ3n) is 3.20. The van der Waals surface area contributed by atoms with E-state index in [4.69, 9.17) is 0 Å². The molecule has 0 saturated carbocycles. The number of rotatable bonds is 2. The summed E-state index contributed by atoms with van der Waals surface area (Å²) in [7, 11) is -4.52. The Morgan fingerprint density at radius 1 is 0.708 bits per heavy atom. The first kappa shape index (κ1) is 18.3. The van der Waals surface area contributed by atoms with Gasteiger partial charge in [-0.1, -0.05) is 17.7 Å². The molecule has 0 fully saturated rings. The summed E-state index contributed by atoms with van der Waals surface area (Å²) in [6, 6.07) is 5.32. The Kier molecular flexibility index (Phi) is 4.43. The Labute approximate surface area is 133 Å². The molecule has 130 valence electrons. The lowest BCUT2D eigenvalue weighted by atomic mass is 10.1. The second-order valence-electron chi connectivity index (χ2n) is 5.06. The van der Waals surface area contributed by atoms with Crippen molar-refractivity contribution in [2.45, 2.75) is 29.1 Å². The van der Waals surface area contributed by atoms with Gasteiger partial charge in [-0.15, -0.1) is 0 Å². The van der Waals surface area contributed by atoms with Gasteiger partial charge in [0.25, 0.3) is 0 Å². The quantitative estimate of drug-likeness (QED) is 0.709. The van der Waals surface area contributed by atoms with Crippen LogP contribution in [-0.4, -0.2) is 8.42 Å². The first-order chi connectivity index (χ1) is 10.8. The maximum absolute atomic E-state index is 12.8. The van der Waals surface area contributed by atoms with Gasteiger partial charge in [0.05, 0.1) is 20.9 Å². The number of halogens is 6. The fourth-order valence-corrected chi connectivity index (χ4v) is 3.27. The van der Waals surface area contributed by atoms with E-state index >= 15 is 0 Å². The SMILES string of the molecule is Cc1ccc(S(=O)(=O)c2cc(C(F)(F)F)cc(C(F)(F)F)c2)cc1. The third kappa shape index (κ3) is 3.72. The van der Waals surface area contributed by atoms with E-state index in [1.54, 1.807) is 6.92 Å². The van der Waals surface area contributed by atoms with Crippen molar-refractivity contribution in [3.05, 3.63) is 59.2 Å². The van der Waals surface area contributed by atoms with E-state index in [-0.39, 0.29) is 23.1 Å². The van der Waals surface area contributed by atoms with Crippen molar-refractivity contribution in [2.75, 3.05) is 0 Å². The summed E-state index contributed by atoms with van der Waals surface area (Å²) in [4.78, 5) is -1.45. The van der Waals surface area contributed by atoms with Gasteiger partial charge in [-0.05, 0) is 37.3 Å². The van der Waals surface area contributed by atoms with Crippen molar-refractivity contribution in [1.82, 2.24) is 0 Å². The molecule has 0 heterocycles. The molecule has 2 aromatic rings. The van der Waals surface area contributed by atoms with Crippen molar-refractivity contribution < 1.29 is 34.8 Å². The van der Waals surface area contributed by atoms with Crippen LogP contribution in [0.25, 0.3) is 0 Å². The topological polar surface area (TPSA) is 34.1 Å². The standard InChI is InChI=1S/C15H10F6O2S/c1-9-2-4-12(5-3-9)24(22,23)13-7-10(14(16,17)18)6-11(8-13)15(19,20)21/h2-8H,1H3. The van der Waals surface area contributed by atoms with Crippen molar-refractivity contribution in [3.63, 3.8) is 0 Å². The van der Waals surface area contributed by atoms with E-state index in [1.807, 2.05) is 0 Å². The number of sulfone groups is 1. The maximum atomic E-state index is 12.8. The van der Waals surface area contributed by atoms with E-state index in [2.05, 4.69) is 0 Å². The Hall–Kier alpha value is -2.03. The van der Waals surface area contributed by atoms with E-state index in [0.29, 0.717) is 5.56 Å². The zero-order valence-corrected chi connectivity index (χ0v) is 12.9. The molecular weight excluding hydrogens is 358 g/mol. The Morgan fingerprint density at radius 2 is 1.12 bits per heavy atom. The summed E-state index contributed by atoms with van der Waals surface area (Å²) in [6.07, 6.45) is -10.2. The van der Waals surface area contributed by atoms with Gasteiger partial charge in [-0.2, -0.15) is 26.3 Å². The summed E-state index contributed by atoms with van der Waals surface area (Å²) in [5.41, 5.74) is -2.67. The summed E-state index contributed by atoms with van der Waals surface area (Å²) in [6.45, 7) is 1.66. The molecule has 0 spiro atoms. The molecular formula is C15H10F6O2S. The van der Waals surface area contributed by atoms with E-state index in [9.17, 15) is 34.8 Å². The zero-order valence-electron chi connectivity index (χ0n) is 12.0. The summed E-state index contributed by atoms with van der Waals surface area (Å²) in [5.74, 6) is 0. The van der Waals surface area contributed by atoms with Gasteiger partial charge >= 0.3 is 12.4 Å². The Morgan fingerprint density at radius 3 is 1.50 bits per heavy atom. The van der Waals surface area contributed by atoms with Crippen molar-refractivity contribution >= 4 is 9.84 Å². The lowest BCUT2D eigenvalue weighted by Crippen LogP contribution is -2.13. The van der Waals surface area contributed by atoms with Crippen LogP contribution in [0.3, 0.4) is 0 Å². The van der Waals surface area contributed by atoms with E-state index in [1.165, 1.54) is 12.1 Å². The Bertz CT molecular complexity index is 817. The van der Waals surface area contributed by atoms with Crippen LogP contribution in [0.15, 0.2) is 52.3 Å². The molecule has 24 heavy (non-hydrogen) atoms. The molecule has 0 radical (unpaired) electrons. The first-order valence-corrected chi connectivity index (χ1v) is 7.91. The molecule has 0 aliphatic rings. The molecule has 0 saturated heterocycles. The minimum atomic E-state index is -5.11. The first-order valence-electron chi connectivity index (χ1n) is 6.43. The minimum absolute atomic E-state index is 0.117. The van der Waals surface area contributed by atoms with Crippen LogP contribution >= 0.6 is 0 Å². The highest BCUT2D eigenvalue weighted by Gasteiger charge is 2.38. The fourth-order valence-electron chi connectivity index (χ4n) is 1.94. The van der Waals surface area contributed by atoms with Gasteiger partial charge < -0.3 is 0 Å². The normalized spacial score (nSPS) is 13.1.